The second-order valence-corrected chi connectivity index (χ2v) is 6.23. The lowest BCUT2D eigenvalue weighted by Gasteiger charge is -2.14. The second kappa shape index (κ2) is 6.02. The molecule has 3 heteroatoms. The van der Waals surface area contributed by atoms with Gasteiger partial charge in [0, 0.05) is 36.1 Å². The van der Waals surface area contributed by atoms with E-state index in [2.05, 4.69) is 53.9 Å². The molecule has 2 aromatic rings. The Morgan fingerprint density at radius 3 is 2.81 bits per heavy atom. The third-order valence-corrected chi connectivity index (χ3v) is 4.34. The van der Waals surface area contributed by atoms with Gasteiger partial charge in [-0.3, -0.25) is 9.69 Å². The maximum absolute atomic E-state index is 12.0. The highest BCUT2D eigenvalue weighted by Crippen LogP contribution is 2.29. The van der Waals surface area contributed by atoms with Crippen LogP contribution in [0.4, 0.5) is 0 Å². The van der Waals surface area contributed by atoms with E-state index in [9.17, 15) is 4.79 Å². The summed E-state index contributed by atoms with van der Waals surface area (Å²) in [6.45, 7) is 3.53. The number of benzene rings is 1. The van der Waals surface area contributed by atoms with Gasteiger partial charge >= 0.3 is 0 Å². The number of rotatable bonds is 7. The van der Waals surface area contributed by atoms with Crippen LogP contribution in [-0.4, -0.2) is 28.3 Å². The monoisotopic (exact) mass is 284 g/mol. The van der Waals surface area contributed by atoms with Gasteiger partial charge in [-0.2, -0.15) is 0 Å². The van der Waals surface area contributed by atoms with Gasteiger partial charge in [-0.25, -0.2) is 0 Å². The molecule has 0 amide bonds. The van der Waals surface area contributed by atoms with Gasteiger partial charge in [0.05, 0.1) is 6.54 Å². The maximum atomic E-state index is 12.0. The smallest absolute Gasteiger partial charge is 0.152 e. The molecule has 21 heavy (non-hydrogen) atoms. The summed E-state index contributed by atoms with van der Waals surface area (Å²) in [6, 6.07) is 9.19. The van der Waals surface area contributed by atoms with Gasteiger partial charge < -0.3 is 4.57 Å². The van der Waals surface area contributed by atoms with E-state index in [1.54, 1.807) is 0 Å². The Labute approximate surface area is 126 Å². The van der Waals surface area contributed by atoms with E-state index in [0.29, 0.717) is 18.7 Å². The molecule has 0 saturated heterocycles. The minimum Gasteiger partial charge on any atom is -0.340 e. The van der Waals surface area contributed by atoms with E-state index in [4.69, 9.17) is 0 Å². The van der Waals surface area contributed by atoms with Crippen LogP contribution in [0.3, 0.4) is 0 Å². The largest absolute Gasteiger partial charge is 0.340 e. The number of hydrogen-bond donors (Lipinski definition) is 0. The first-order valence-electron chi connectivity index (χ1n) is 7.97. The standard InChI is InChI=1S/C18H24N2O/c1-3-6-16(21)13-20-12-14(11-19(2)15-9-10-15)17-7-4-5-8-18(17)20/h4-5,7-8,12,15H,3,6,9-11,13H2,1-2H3. The highest BCUT2D eigenvalue weighted by molar-refractivity contribution is 5.86. The molecular weight excluding hydrogens is 260 g/mol. The normalized spacial score (nSPS) is 15.0. The summed E-state index contributed by atoms with van der Waals surface area (Å²) in [6.07, 6.45) is 6.42. The molecule has 1 fully saturated rings. The third-order valence-electron chi connectivity index (χ3n) is 4.34. The van der Waals surface area contributed by atoms with E-state index in [0.717, 1.165) is 19.0 Å². The Morgan fingerprint density at radius 1 is 1.33 bits per heavy atom. The highest BCUT2D eigenvalue weighted by Gasteiger charge is 2.26. The van der Waals surface area contributed by atoms with Crippen LogP contribution in [0.2, 0.25) is 0 Å². The van der Waals surface area contributed by atoms with Crippen LogP contribution >= 0.6 is 0 Å². The first-order valence-corrected chi connectivity index (χ1v) is 7.97. The van der Waals surface area contributed by atoms with Crippen LogP contribution in [0.25, 0.3) is 10.9 Å². The number of fused-ring (bicyclic) bond motifs is 1. The molecule has 0 radical (unpaired) electrons. The predicted molar refractivity (Wildman–Crippen MR) is 86.3 cm³/mol. The van der Waals surface area contributed by atoms with Crippen molar-refractivity contribution in [1.82, 2.24) is 9.47 Å². The summed E-state index contributed by atoms with van der Waals surface area (Å²) in [5, 5.41) is 1.29. The van der Waals surface area contributed by atoms with E-state index < -0.39 is 0 Å². The Balaban J connectivity index is 1.87. The summed E-state index contributed by atoms with van der Waals surface area (Å²) in [5.74, 6) is 0.320. The van der Waals surface area contributed by atoms with Gasteiger partial charge in [-0.05, 0) is 37.9 Å². The molecule has 1 aliphatic rings. The number of hydrogen-bond acceptors (Lipinski definition) is 2. The quantitative estimate of drug-likeness (QED) is 0.776. The molecule has 1 saturated carbocycles. The molecule has 0 bridgehead atoms. The molecule has 1 aliphatic carbocycles. The SMILES string of the molecule is CCCC(=O)Cn1cc(CN(C)C2CC2)c2ccccc21. The zero-order valence-electron chi connectivity index (χ0n) is 13.0. The minimum atomic E-state index is 0.320. The molecular formula is C18H24N2O. The van der Waals surface area contributed by atoms with Crippen molar-refractivity contribution in [3.05, 3.63) is 36.0 Å². The van der Waals surface area contributed by atoms with Gasteiger partial charge in [0.15, 0.2) is 5.78 Å². The number of para-hydroxylation sites is 1. The van der Waals surface area contributed by atoms with Crippen LogP contribution in [0.1, 0.15) is 38.2 Å². The molecule has 0 unspecified atom stereocenters. The van der Waals surface area contributed by atoms with Crippen molar-refractivity contribution in [2.24, 2.45) is 0 Å². The molecule has 1 heterocycles. The van der Waals surface area contributed by atoms with Crippen molar-refractivity contribution in [1.29, 1.82) is 0 Å². The number of Topliss-reactive ketones (excluding diaryl/α,β-unsaturated/α-hetero) is 1. The van der Waals surface area contributed by atoms with Crippen LogP contribution in [0, 0.1) is 0 Å². The lowest BCUT2D eigenvalue weighted by Crippen LogP contribution is -2.19. The molecule has 0 aliphatic heterocycles. The minimum absolute atomic E-state index is 0.320. The predicted octanol–water partition coefficient (Wildman–Crippen LogP) is 3.60. The number of carbonyl (C=O) groups excluding carboxylic acids is 1. The fourth-order valence-corrected chi connectivity index (χ4v) is 3.04. The second-order valence-electron chi connectivity index (χ2n) is 6.23. The number of carbonyl (C=O) groups is 1. The lowest BCUT2D eigenvalue weighted by molar-refractivity contribution is -0.119. The fraction of sp³-hybridized carbons (Fsp3) is 0.500. The van der Waals surface area contributed by atoms with E-state index in [1.165, 1.54) is 29.3 Å². The number of ketones is 1. The fourth-order valence-electron chi connectivity index (χ4n) is 3.04. The van der Waals surface area contributed by atoms with Crippen molar-refractivity contribution in [2.75, 3.05) is 7.05 Å². The third kappa shape index (κ3) is 3.18. The summed E-state index contributed by atoms with van der Waals surface area (Å²) in [5.41, 5.74) is 2.52. The molecule has 0 spiro atoms. The molecule has 112 valence electrons. The van der Waals surface area contributed by atoms with E-state index in [-0.39, 0.29) is 0 Å². The average Bonchev–Trinajstić information content (AvgIpc) is 3.26. The van der Waals surface area contributed by atoms with Crippen LogP contribution < -0.4 is 0 Å². The van der Waals surface area contributed by atoms with Gasteiger partial charge in [0.25, 0.3) is 0 Å². The maximum Gasteiger partial charge on any atom is 0.152 e. The zero-order valence-corrected chi connectivity index (χ0v) is 13.0. The summed E-state index contributed by atoms with van der Waals surface area (Å²) in [4.78, 5) is 14.4. The van der Waals surface area contributed by atoms with E-state index >= 15 is 0 Å². The van der Waals surface area contributed by atoms with Gasteiger partial charge in [0.2, 0.25) is 0 Å². The first-order chi connectivity index (χ1) is 10.2. The van der Waals surface area contributed by atoms with Crippen LogP contribution in [0.15, 0.2) is 30.5 Å². The Kier molecular flexibility index (Phi) is 4.11. The Morgan fingerprint density at radius 2 is 2.10 bits per heavy atom. The van der Waals surface area contributed by atoms with Crippen LogP contribution in [-0.2, 0) is 17.9 Å². The topological polar surface area (TPSA) is 25.2 Å². The Bertz CT molecular complexity index is 640. The van der Waals surface area contributed by atoms with Gasteiger partial charge in [0.1, 0.15) is 0 Å². The van der Waals surface area contributed by atoms with Crippen LogP contribution in [0.5, 0.6) is 0 Å². The summed E-state index contributed by atoms with van der Waals surface area (Å²) < 4.78 is 2.13. The summed E-state index contributed by atoms with van der Waals surface area (Å²) >= 11 is 0. The lowest BCUT2D eigenvalue weighted by atomic mass is 10.1. The van der Waals surface area contributed by atoms with Crippen molar-refractivity contribution >= 4 is 16.7 Å². The highest BCUT2D eigenvalue weighted by atomic mass is 16.1. The molecule has 3 nitrogen and oxygen atoms in total. The van der Waals surface area contributed by atoms with Gasteiger partial charge in [-0.15, -0.1) is 0 Å². The molecule has 0 atom stereocenters. The molecule has 0 N–H and O–H groups in total. The van der Waals surface area contributed by atoms with Crippen molar-refractivity contribution in [3.63, 3.8) is 0 Å². The first kappa shape index (κ1) is 14.3. The molecule has 1 aromatic carbocycles. The molecule has 1 aromatic heterocycles. The summed E-state index contributed by atoms with van der Waals surface area (Å²) in [7, 11) is 2.20. The zero-order chi connectivity index (χ0) is 14.8. The van der Waals surface area contributed by atoms with E-state index in [1.807, 2.05) is 0 Å². The Hall–Kier alpha value is -1.61. The van der Waals surface area contributed by atoms with Gasteiger partial charge in [-0.1, -0.05) is 25.1 Å². The van der Waals surface area contributed by atoms with Crippen molar-refractivity contribution in [3.8, 4) is 0 Å². The van der Waals surface area contributed by atoms with Crippen molar-refractivity contribution in [2.45, 2.75) is 51.7 Å². The average molecular weight is 284 g/mol. The van der Waals surface area contributed by atoms with Crippen molar-refractivity contribution < 1.29 is 4.79 Å². The number of nitrogens with zero attached hydrogens (tertiary/aromatic N) is 2. The number of aromatic nitrogens is 1. The molecule has 3 rings (SSSR count).